The second kappa shape index (κ2) is 15.9. The first-order valence-corrected chi connectivity index (χ1v) is 25.3. The molecule has 2 heteroatoms. The van der Waals surface area contributed by atoms with Gasteiger partial charge in [-0.25, -0.2) is 0 Å². The van der Waals surface area contributed by atoms with Gasteiger partial charge in [0, 0.05) is 44.4 Å². The smallest absolute Gasteiger partial charge is 0.0546 e. The number of fused-ring (bicyclic) bond motifs is 6. The Morgan fingerprint density at radius 2 is 0.611 bits per heavy atom. The second-order valence-electron chi connectivity index (χ2n) is 20.9. The lowest BCUT2D eigenvalue weighted by Gasteiger charge is -2.31. The lowest BCUT2D eigenvalue weighted by Crippen LogP contribution is -2.15. The molecule has 72 heavy (non-hydrogen) atoms. The summed E-state index contributed by atoms with van der Waals surface area (Å²) in [5.41, 5.74) is 22.2. The Bertz CT molecular complexity index is 3800. The van der Waals surface area contributed by atoms with E-state index in [-0.39, 0.29) is 10.8 Å². The maximum absolute atomic E-state index is 2.50. The van der Waals surface area contributed by atoms with Gasteiger partial charge in [-0.05, 0) is 149 Å². The summed E-state index contributed by atoms with van der Waals surface area (Å²) in [6, 6.07) is 90.5. The molecule has 0 spiro atoms. The van der Waals surface area contributed by atoms with E-state index >= 15 is 0 Å². The van der Waals surface area contributed by atoms with Gasteiger partial charge in [0.05, 0.1) is 11.4 Å². The molecule has 14 rings (SSSR count). The van der Waals surface area contributed by atoms with Crippen molar-refractivity contribution in [1.29, 1.82) is 0 Å². The number of nitrogens with zero attached hydrogens (tertiary/aromatic N) is 2. The molecule has 0 unspecified atom stereocenters. The van der Waals surface area contributed by atoms with E-state index in [0.29, 0.717) is 0 Å². The van der Waals surface area contributed by atoms with Gasteiger partial charge in [0.25, 0.3) is 0 Å². The number of hydrogen-bond acceptors (Lipinski definition) is 2. The number of hydrogen-bond donors (Lipinski definition) is 0. The molecule has 0 atom stereocenters. The highest BCUT2D eigenvalue weighted by Gasteiger charge is 2.37. The Kier molecular flexibility index (Phi) is 9.32. The van der Waals surface area contributed by atoms with Crippen LogP contribution < -0.4 is 9.80 Å². The fraction of sp³-hybridized carbons (Fsp3) is 0.0857. The third-order valence-corrected chi connectivity index (χ3v) is 16.2. The van der Waals surface area contributed by atoms with Gasteiger partial charge in [-0.15, -0.1) is 0 Å². The van der Waals surface area contributed by atoms with E-state index in [0.717, 1.165) is 34.1 Å². The molecule has 2 aliphatic rings. The minimum atomic E-state index is -0.0900. The van der Waals surface area contributed by atoms with Crippen molar-refractivity contribution in [2.24, 2.45) is 0 Å². The minimum Gasteiger partial charge on any atom is -0.310 e. The predicted molar refractivity (Wildman–Crippen MR) is 306 cm³/mol. The highest BCUT2D eigenvalue weighted by molar-refractivity contribution is 6.29. The summed E-state index contributed by atoms with van der Waals surface area (Å²) in [7, 11) is 0. The lowest BCUT2D eigenvalue weighted by molar-refractivity contribution is 0.660. The molecule has 0 fully saturated rings. The van der Waals surface area contributed by atoms with Gasteiger partial charge in [-0.3, -0.25) is 0 Å². The summed E-state index contributed by atoms with van der Waals surface area (Å²) >= 11 is 0. The molecule has 0 radical (unpaired) electrons. The fourth-order valence-corrected chi connectivity index (χ4v) is 12.6. The molecular formula is C70H52N2. The Hall–Kier alpha value is -8.72. The van der Waals surface area contributed by atoms with Crippen molar-refractivity contribution in [3.8, 4) is 44.5 Å². The van der Waals surface area contributed by atoms with Crippen LogP contribution in [0, 0.1) is 0 Å². The summed E-state index contributed by atoms with van der Waals surface area (Å²) in [5.74, 6) is 0. The van der Waals surface area contributed by atoms with Gasteiger partial charge in [-0.1, -0.05) is 210 Å². The van der Waals surface area contributed by atoms with Crippen LogP contribution in [0.3, 0.4) is 0 Å². The maximum Gasteiger partial charge on any atom is 0.0546 e. The van der Waals surface area contributed by atoms with Crippen LogP contribution in [-0.2, 0) is 10.8 Å². The van der Waals surface area contributed by atoms with Crippen molar-refractivity contribution < 1.29 is 0 Å². The first-order valence-electron chi connectivity index (χ1n) is 25.3. The van der Waals surface area contributed by atoms with Crippen LogP contribution in [0.1, 0.15) is 49.9 Å². The maximum atomic E-state index is 2.50. The van der Waals surface area contributed by atoms with Crippen molar-refractivity contribution in [3.05, 3.63) is 265 Å². The number of anilines is 6. The summed E-state index contributed by atoms with van der Waals surface area (Å²) in [4.78, 5) is 5.00. The normalized spacial score (nSPS) is 13.8. The van der Waals surface area contributed by atoms with E-state index in [4.69, 9.17) is 0 Å². The third kappa shape index (κ3) is 6.35. The molecule has 0 saturated carbocycles. The third-order valence-electron chi connectivity index (χ3n) is 16.2. The molecule has 0 amide bonds. The highest BCUT2D eigenvalue weighted by atomic mass is 15.2. The van der Waals surface area contributed by atoms with Crippen LogP contribution in [0.25, 0.3) is 76.8 Å². The standard InChI is InChI=1S/C70H52N2/c1-69(2)61-27-13-11-23-55(61)59-43-53(37-39-63(59)69)71(51-33-29-47(30-34-51)45-17-7-5-8-18-45)65-41-49-21-16-26-58-66(42-50-22-15-25-57(65)67(50)68(49)58)72(52-35-31-48(32-36-52)46-19-9-6-10-20-46)54-38-40-64-60(44-54)56-24-12-14-28-62(56)70(64,3)4/h5-44H,1-4H3. The SMILES string of the molecule is CC1(C)c2ccccc2-c2cc(N(c3ccc(-c4ccccc4)cc3)c3cc4cccc5c(N(c6ccc(-c7ccccc7)cc6)c6ccc7c(c6)-c6ccccc6C7(C)C)cc6cccc3c6c45)ccc21. The van der Waals surface area contributed by atoms with Crippen molar-refractivity contribution >= 4 is 66.4 Å². The lowest BCUT2D eigenvalue weighted by atomic mass is 9.82. The second-order valence-corrected chi connectivity index (χ2v) is 20.9. The zero-order chi connectivity index (χ0) is 48.3. The molecule has 0 aromatic heterocycles. The van der Waals surface area contributed by atoms with Crippen molar-refractivity contribution in [3.63, 3.8) is 0 Å². The average molecular weight is 921 g/mol. The van der Waals surface area contributed by atoms with Crippen LogP contribution in [0.5, 0.6) is 0 Å². The van der Waals surface area contributed by atoms with E-state index in [9.17, 15) is 0 Å². The Morgan fingerprint density at radius 3 is 1.03 bits per heavy atom. The molecule has 342 valence electrons. The van der Waals surface area contributed by atoms with Gasteiger partial charge < -0.3 is 9.80 Å². The van der Waals surface area contributed by atoms with Gasteiger partial charge in [0.15, 0.2) is 0 Å². The largest absolute Gasteiger partial charge is 0.310 e. The van der Waals surface area contributed by atoms with Crippen molar-refractivity contribution in [1.82, 2.24) is 0 Å². The van der Waals surface area contributed by atoms with Crippen LogP contribution >= 0.6 is 0 Å². The van der Waals surface area contributed by atoms with E-state index in [1.807, 2.05) is 0 Å². The summed E-state index contributed by atoms with van der Waals surface area (Å²) in [5, 5.41) is 7.38. The van der Waals surface area contributed by atoms with Crippen LogP contribution in [-0.4, -0.2) is 0 Å². The molecule has 2 nitrogen and oxygen atoms in total. The quantitative estimate of drug-likeness (QED) is 0.140. The first kappa shape index (κ1) is 42.2. The fourth-order valence-electron chi connectivity index (χ4n) is 12.6. The zero-order valence-corrected chi connectivity index (χ0v) is 41.0. The summed E-state index contributed by atoms with van der Waals surface area (Å²) in [6.45, 7) is 9.44. The topological polar surface area (TPSA) is 6.48 Å². The molecule has 12 aromatic rings. The zero-order valence-electron chi connectivity index (χ0n) is 41.0. The van der Waals surface area contributed by atoms with E-state index in [2.05, 4.69) is 280 Å². The van der Waals surface area contributed by atoms with Gasteiger partial charge >= 0.3 is 0 Å². The predicted octanol–water partition coefficient (Wildman–Crippen LogP) is 19.5. The monoisotopic (exact) mass is 920 g/mol. The Balaban J connectivity index is 0.987. The van der Waals surface area contributed by atoms with Crippen molar-refractivity contribution in [2.75, 3.05) is 9.80 Å². The average Bonchev–Trinajstić information content (AvgIpc) is 3.80. The van der Waals surface area contributed by atoms with Crippen LogP contribution in [0.4, 0.5) is 34.1 Å². The minimum absolute atomic E-state index is 0.0900. The summed E-state index contributed by atoms with van der Waals surface area (Å²) < 4.78 is 0. The number of rotatable bonds is 8. The Labute approximate surface area is 422 Å². The van der Waals surface area contributed by atoms with Crippen LogP contribution in [0.2, 0.25) is 0 Å². The highest BCUT2D eigenvalue weighted by Crippen LogP contribution is 2.55. The van der Waals surface area contributed by atoms with Crippen molar-refractivity contribution in [2.45, 2.75) is 38.5 Å². The number of benzene rings is 12. The molecule has 0 N–H and O–H groups in total. The molecule has 0 bridgehead atoms. The van der Waals surface area contributed by atoms with E-state index < -0.39 is 0 Å². The molecule has 0 heterocycles. The molecule has 0 aliphatic heterocycles. The van der Waals surface area contributed by atoms with Crippen LogP contribution in [0.15, 0.2) is 243 Å². The molecular weight excluding hydrogens is 869 g/mol. The van der Waals surface area contributed by atoms with E-state index in [1.54, 1.807) is 0 Å². The van der Waals surface area contributed by atoms with E-state index in [1.165, 1.54) is 99.1 Å². The summed E-state index contributed by atoms with van der Waals surface area (Å²) in [6.07, 6.45) is 0. The first-order chi connectivity index (χ1) is 35.2. The van der Waals surface area contributed by atoms with Gasteiger partial charge in [0.2, 0.25) is 0 Å². The molecule has 12 aromatic carbocycles. The van der Waals surface area contributed by atoms with Gasteiger partial charge in [0.1, 0.15) is 0 Å². The molecule has 2 aliphatic carbocycles. The Morgan fingerprint density at radius 1 is 0.264 bits per heavy atom. The molecule has 0 saturated heterocycles. The van der Waals surface area contributed by atoms with Gasteiger partial charge in [-0.2, -0.15) is 0 Å².